The standard InChI is InChI=1S/C15H20N2O3/c16-14(20)15(11-18)9-4-10-17(15)13(19)8-7-12-5-2-1-3-6-12/h1-3,5-6,18H,4,7-11H2,(H2,16,20). The first-order valence-electron chi connectivity index (χ1n) is 6.85. The molecule has 0 spiro atoms. The number of nitrogens with two attached hydrogens (primary N) is 1. The number of nitrogens with zero attached hydrogens (tertiary/aromatic N) is 1. The van der Waals surface area contributed by atoms with Crippen molar-refractivity contribution >= 4 is 11.8 Å². The lowest BCUT2D eigenvalue weighted by molar-refractivity contribution is -0.145. The van der Waals surface area contributed by atoms with Crippen molar-refractivity contribution in [3.63, 3.8) is 0 Å². The second-order valence-corrected chi connectivity index (χ2v) is 5.19. The van der Waals surface area contributed by atoms with Crippen molar-refractivity contribution in [3.05, 3.63) is 35.9 Å². The third-order valence-electron chi connectivity index (χ3n) is 3.98. The fourth-order valence-corrected chi connectivity index (χ4v) is 2.77. The summed E-state index contributed by atoms with van der Waals surface area (Å²) in [4.78, 5) is 25.4. The normalized spacial score (nSPS) is 21.9. The van der Waals surface area contributed by atoms with Crippen LogP contribution in [0.2, 0.25) is 0 Å². The average Bonchev–Trinajstić information content (AvgIpc) is 2.91. The zero-order valence-corrected chi connectivity index (χ0v) is 11.4. The largest absolute Gasteiger partial charge is 0.393 e. The van der Waals surface area contributed by atoms with Crippen LogP contribution in [0.25, 0.3) is 0 Å². The molecule has 1 fully saturated rings. The summed E-state index contributed by atoms with van der Waals surface area (Å²) in [5.41, 5.74) is 5.26. The topological polar surface area (TPSA) is 83.6 Å². The number of carbonyl (C=O) groups excluding carboxylic acids is 2. The van der Waals surface area contributed by atoms with Gasteiger partial charge in [0.1, 0.15) is 5.54 Å². The van der Waals surface area contributed by atoms with Gasteiger partial charge in [-0.25, -0.2) is 0 Å². The fraction of sp³-hybridized carbons (Fsp3) is 0.467. The molecule has 0 aliphatic carbocycles. The van der Waals surface area contributed by atoms with E-state index in [1.165, 1.54) is 4.90 Å². The van der Waals surface area contributed by atoms with Crippen molar-refractivity contribution in [2.24, 2.45) is 5.73 Å². The van der Waals surface area contributed by atoms with E-state index >= 15 is 0 Å². The van der Waals surface area contributed by atoms with E-state index < -0.39 is 18.1 Å². The van der Waals surface area contributed by atoms with Gasteiger partial charge >= 0.3 is 0 Å². The molecule has 1 aliphatic rings. The summed E-state index contributed by atoms with van der Waals surface area (Å²) in [5.74, 6) is -0.746. The first kappa shape index (κ1) is 14.5. The van der Waals surface area contributed by atoms with Crippen molar-refractivity contribution in [2.75, 3.05) is 13.2 Å². The van der Waals surface area contributed by atoms with E-state index in [9.17, 15) is 14.7 Å². The van der Waals surface area contributed by atoms with Crippen LogP contribution in [-0.2, 0) is 16.0 Å². The molecule has 1 aromatic rings. The van der Waals surface area contributed by atoms with E-state index in [0.29, 0.717) is 32.2 Å². The Labute approximate surface area is 118 Å². The van der Waals surface area contributed by atoms with Gasteiger partial charge < -0.3 is 15.7 Å². The van der Waals surface area contributed by atoms with Crippen molar-refractivity contribution in [2.45, 2.75) is 31.2 Å². The Morgan fingerprint density at radius 3 is 2.60 bits per heavy atom. The Bertz CT molecular complexity index is 489. The summed E-state index contributed by atoms with van der Waals surface area (Å²) in [6, 6.07) is 9.71. The highest BCUT2D eigenvalue weighted by molar-refractivity contribution is 5.91. The van der Waals surface area contributed by atoms with E-state index in [-0.39, 0.29) is 5.91 Å². The number of benzene rings is 1. The Kier molecular flexibility index (Phi) is 4.39. The molecule has 0 radical (unpaired) electrons. The molecular formula is C15H20N2O3. The molecule has 108 valence electrons. The predicted octanol–water partition coefficient (Wildman–Crippen LogP) is 0.458. The first-order chi connectivity index (χ1) is 9.60. The van der Waals surface area contributed by atoms with Crippen molar-refractivity contribution < 1.29 is 14.7 Å². The van der Waals surface area contributed by atoms with E-state index in [2.05, 4.69) is 0 Å². The number of aliphatic hydroxyl groups is 1. The monoisotopic (exact) mass is 276 g/mol. The highest BCUT2D eigenvalue weighted by atomic mass is 16.3. The molecule has 20 heavy (non-hydrogen) atoms. The van der Waals surface area contributed by atoms with Crippen LogP contribution in [0.5, 0.6) is 0 Å². The minimum Gasteiger partial charge on any atom is -0.393 e. The maximum atomic E-state index is 12.3. The molecule has 1 heterocycles. The van der Waals surface area contributed by atoms with Crippen LogP contribution >= 0.6 is 0 Å². The SMILES string of the molecule is NC(=O)C1(CO)CCCN1C(=O)CCc1ccccc1. The van der Waals surface area contributed by atoms with Gasteiger partial charge in [0.25, 0.3) is 0 Å². The molecule has 0 aromatic heterocycles. The number of hydrogen-bond donors (Lipinski definition) is 2. The Morgan fingerprint density at radius 2 is 2.00 bits per heavy atom. The molecule has 5 nitrogen and oxygen atoms in total. The second kappa shape index (κ2) is 6.05. The molecule has 0 saturated carbocycles. The zero-order valence-electron chi connectivity index (χ0n) is 11.4. The Morgan fingerprint density at radius 1 is 1.30 bits per heavy atom. The van der Waals surface area contributed by atoms with Crippen LogP contribution in [0.15, 0.2) is 30.3 Å². The molecule has 2 rings (SSSR count). The fourth-order valence-electron chi connectivity index (χ4n) is 2.77. The molecule has 1 saturated heterocycles. The van der Waals surface area contributed by atoms with Gasteiger partial charge in [0.05, 0.1) is 6.61 Å². The minimum absolute atomic E-state index is 0.126. The molecule has 1 aromatic carbocycles. The lowest BCUT2D eigenvalue weighted by atomic mass is 9.96. The summed E-state index contributed by atoms with van der Waals surface area (Å²) in [7, 11) is 0. The Balaban J connectivity index is 2.03. The third kappa shape index (κ3) is 2.67. The molecule has 2 amide bonds. The number of rotatable bonds is 5. The number of carbonyl (C=O) groups is 2. The highest BCUT2D eigenvalue weighted by Crippen LogP contribution is 2.29. The molecule has 3 N–H and O–H groups in total. The lowest BCUT2D eigenvalue weighted by Gasteiger charge is -2.34. The smallest absolute Gasteiger partial charge is 0.245 e. The van der Waals surface area contributed by atoms with Crippen LogP contribution in [0.1, 0.15) is 24.8 Å². The zero-order chi connectivity index (χ0) is 14.6. The quantitative estimate of drug-likeness (QED) is 0.819. The number of likely N-dealkylation sites (tertiary alicyclic amines) is 1. The number of hydrogen-bond acceptors (Lipinski definition) is 3. The van der Waals surface area contributed by atoms with Gasteiger partial charge in [-0.3, -0.25) is 9.59 Å². The summed E-state index contributed by atoms with van der Waals surface area (Å²) in [6.45, 7) is 0.0799. The molecule has 1 aliphatic heterocycles. The lowest BCUT2D eigenvalue weighted by Crippen LogP contribution is -2.58. The van der Waals surface area contributed by atoms with Gasteiger partial charge in [0.15, 0.2) is 0 Å². The van der Waals surface area contributed by atoms with E-state index in [1.54, 1.807) is 0 Å². The number of primary amides is 1. The molecule has 0 bridgehead atoms. The highest BCUT2D eigenvalue weighted by Gasteiger charge is 2.47. The molecule has 1 unspecified atom stereocenters. The van der Waals surface area contributed by atoms with E-state index in [4.69, 9.17) is 5.73 Å². The van der Waals surface area contributed by atoms with Crippen molar-refractivity contribution in [1.82, 2.24) is 4.90 Å². The maximum absolute atomic E-state index is 12.3. The second-order valence-electron chi connectivity index (χ2n) is 5.19. The van der Waals surface area contributed by atoms with Gasteiger partial charge in [-0.2, -0.15) is 0 Å². The van der Waals surface area contributed by atoms with Crippen LogP contribution in [0.3, 0.4) is 0 Å². The van der Waals surface area contributed by atoms with Gasteiger partial charge in [-0.05, 0) is 24.8 Å². The van der Waals surface area contributed by atoms with Crippen LogP contribution in [0, 0.1) is 0 Å². The maximum Gasteiger partial charge on any atom is 0.245 e. The van der Waals surface area contributed by atoms with Crippen molar-refractivity contribution in [1.29, 1.82) is 0 Å². The summed E-state index contributed by atoms with van der Waals surface area (Å²) in [6.07, 6.45) is 2.08. The molecular weight excluding hydrogens is 256 g/mol. The third-order valence-corrected chi connectivity index (χ3v) is 3.98. The van der Waals surface area contributed by atoms with Gasteiger partial charge in [0.2, 0.25) is 11.8 Å². The van der Waals surface area contributed by atoms with E-state index in [0.717, 1.165) is 5.56 Å². The summed E-state index contributed by atoms with van der Waals surface area (Å²) < 4.78 is 0. The molecule has 1 atom stereocenters. The number of aryl methyl sites for hydroxylation is 1. The Hall–Kier alpha value is -1.88. The van der Waals surface area contributed by atoms with Crippen LogP contribution in [-0.4, -0.2) is 40.5 Å². The average molecular weight is 276 g/mol. The first-order valence-corrected chi connectivity index (χ1v) is 6.85. The number of amides is 2. The van der Waals surface area contributed by atoms with Gasteiger partial charge in [-0.15, -0.1) is 0 Å². The molecule has 5 heteroatoms. The van der Waals surface area contributed by atoms with Crippen LogP contribution < -0.4 is 5.73 Å². The minimum atomic E-state index is -1.20. The number of aliphatic hydroxyl groups excluding tert-OH is 1. The summed E-state index contributed by atoms with van der Waals surface area (Å²) >= 11 is 0. The van der Waals surface area contributed by atoms with Gasteiger partial charge in [0, 0.05) is 13.0 Å². The predicted molar refractivity (Wildman–Crippen MR) is 74.7 cm³/mol. The van der Waals surface area contributed by atoms with Gasteiger partial charge in [-0.1, -0.05) is 30.3 Å². The summed E-state index contributed by atoms with van der Waals surface area (Å²) in [5, 5.41) is 9.50. The van der Waals surface area contributed by atoms with Crippen LogP contribution in [0.4, 0.5) is 0 Å². The van der Waals surface area contributed by atoms with Crippen molar-refractivity contribution in [3.8, 4) is 0 Å². The van der Waals surface area contributed by atoms with E-state index in [1.807, 2.05) is 30.3 Å².